The number of fused-ring (bicyclic) bond motifs is 1. The van der Waals surface area contributed by atoms with Crippen molar-refractivity contribution in [2.45, 2.75) is 18.8 Å². The number of methoxy groups -OCH3 is 1. The van der Waals surface area contributed by atoms with Crippen molar-refractivity contribution in [3.05, 3.63) is 71.7 Å². The molecule has 2 aliphatic rings. The van der Waals surface area contributed by atoms with E-state index in [-0.39, 0.29) is 5.91 Å². The number of benzene rings is 1. The van der Waals surface area contributed by atoms with E-state index in [1.807, 2.05) is 12.1 Å². The second-order valence-corrected chi connectivity index (χ2v) is 8.47. The minimum absolute atomic E-state index is 0.310. The van der Waals surface area contributed by atoms with Gasteiger partial charge in [-0.2, -0.15) is 0 Å². The third-order valence-corrected chi connectivity index (χ3v) is 6.35. The molecule has 167 valence electrons. The maximum absolute atomic E-state index is 12.6. The van der Waals surface area contributed by atoms with Gasteiger partial charge < -0.3 is 15.0 Å². The van der Waals surface area contributed by atoms with E-state index in [0.717, 1.165) is 29.9 Å². The molecule has 7 nitrogen and oxygen atoms in total. The molecule has 7 heteroatoms. The molecule has 1 aromatic carbocycles. The van der Waals surface area contributed by atoms with Crippen molar-refractivity contribution in [1.29, 1.82) is 0 Å². The number of ether oxygens (including phenoxy) is 1. The SMILES string of the molecule is COc1ccncc1-c1cc2c(c(Nc3ccc(C4CCN(C)CC4)cc3)n1)C(=O)[N]C=C2. The highest BCUT2D eigenvalue weighted by Gasteiger charge is 2.23. The van der Waals surface area contributed by atoms with Crippen molar-refractivity contribution in [2.75, 3.05) is 32.6 Å². The van der Waals surface area contributed by atoms with Gasteiger partial charge in [0.05, 0.1) is 23.9 Å². The van der Waals surface area contributed by atoms with E-state index in [1.54, 1.807) is 25.6 Å². The van der Waals surface area contributed by atoms with E-state index in [2.05, 4.69) is 51.8 Å². The lowest BCUT2D eigenvalue weighted by Crippen LogP contribution is -2.29. The third kappa shape index (κ3) is 4.32. The predicted molar refractivity (Wildman–Crippen MR) is 129 cm³/mol. The maximum Gasteiger partial charge on any atom is 0.281 e. The minimum Gasteiger partial charge on any atom is -0.496 e. The van der Waals surface area contributed by atoms with Crippen molar-refractivity contribution in [3.63, 3.8) is 0 Å². The summed E-state index contributed by atoms with van der Waals surface area (Å²) in [5.74, 6) is 1.42. The van der Waals surface area contributed by atoms with Crippen LogP contribution < -0.4 is 15.4 Å². The molecule has 0 unspecified atom stereocenters. The van der Waals surface area contributed by atoms with Gasteiger partial charge in [-0.15, -0.1) is 0 Å². The normalized spacial score (nSPS) is 16.2. The topological polar surface area (TPSA) is 81.4 Å². The zero-order valence-electron chi connectivity index (χ0n) is 18.8. The quantitative estimate of drug-likeness (QED) is 0.632. The minimum atomic E-state index is -0.310. The lowest BCUT2D eigenvalue weighted by Gasteiger charge is -2.29. The number of aromatic nitrogens is 2. The van der Waals surface area contributed by atoms with Crippen LogP contribution in [-0.4, -0.2) is 48.0 Å². The number of nitrogens with one attached hydrogen (secondary N) is 1. The number of amides is 1. The van der Waals surface area contributed by atoms with Crippen LogP contribution in [0.1, 0.15) is 40.2 Å². The van der Waals surface area contributed by atoms with Crippen molar-refractivity contribution in [1.82, 2.24) is 20.2 Å². The zero-order valence-corrected chi connectivity index (χ0v) is 18.8. The number of likely N-dealkylation sites (tertiary alicyclic amines) is 1. The van der Waals surface area contributed by atoms with Crippen molar-refractivity contribution in [3.8, 4) is 17.0 Å². The fraction of sp³-hybridized carbons (Fsp3) is 0.269. The Morgan fingerprint density at radius 2 is 1.91 bits per heavy atom. The van der Waals surface area contributed by atoms with Gasteiger partial charge in [-0.05, 0) is 80.4 Å². The van der Waals surface area contributed by atoms with Crippen LogP contribution in [0.15, 0.2) is 55.0 Å². The van der Waals surface area contributed by atoms with Gasteiger partial charge in [0.2, 0.25) is 0 Å². The first-order chi connectivity index (χ1) is 16.1. The average Bonchev–Trinajstić information content (AvgIpc) is 2.85. The smallest absolute Gasteiger partial charge is 0.281 e. The Morgan fingerprint density at radius 1 is 1.12 bits per heavy atom. The van der Waals surface area contributed by atoms with Gasteiger partial charge in [-0.25, -0.2) is 10.3 Å². The highest BCUT2D eigenvalue weighted by atomic mass is 16.5. The molecule has 1 saturated heterocycles. The van der Waals surface area contributed by atoms with Crippen LogP contribution in [-0.2, 0) is 0 Å². The molecule has 0 aliphatic carbocycles. The summed E-state index contributed by atoms with van der Waals surface area (Å²) in [5, 5.41) is 7.30. The monoisotopic (exact) mass is 440 g/mol. The van der Waals surface area contributed by atoms with E-state index >= 15 is 0 Å². The van der Waals surface area contributed by atoms with Gasteiger partial charge in [0.15, 0.2) is 0 Å². The zero-order chi connectivity index (χ0) is 22.8. The molecule has 0 bridgehead atoms. The first kappa shape index (κ1) is 21.2. The Kier molecular flexibility index (Phi) is 5.79. The van der Waals surface area contributed by atoms with Crippen LogP contribution in [0.2, 0.25) is 0 Å². The molecular formula is C26H26N5O2. The fourth-order valence-electron chi connectivity index (χ4n) is 4.47. The molecule has 1 radical (unpaired) electrons. The molecule has 1 amide bonds. The van der Waals surface area contributed by atoms with E-state index in [1.165, 1.54) is 24.6 Å². The van der Waals surface area contributed by atoms with Gasteiger partial charge >= 0.3 is 0 Å². The molecule has 1 N–H and O–H groups in total. The van der Waals surface area contributed by atoms with Crippen LogP contribution >= 0.6 is 0 Å². The largest absolute Gasteiger partial charge is 0.496 e. The summed E-state index contributed by atoms with van der Waals surface area (Å²) >= 11 is 0. The highest BCUT2D eigenvalue weighted by molar-refractivity contribution is 6.05. The molecule has 0 spiro atoms. The number of hydrogen-bond donors (Lipinski definition) is 1. The lowest BCUT2D eigenvalue weighted by molar-refractivity contribution is 0.0965. The van der Waals surface area contributed by atoms with Crippen LogP contribution in [0, 0.1) is 0 Å². The van der Waals surface area contributed by atoms with Crippen molar-refractivity contribution >= 4 is 23.5 Å². The molecular weight excluding hydrogens is 414 g/mol. The van der Waals surface area contributed by atoms with Gasteiger partial charge in [-0.3, -0.25) is 9.78 Å². The number of rotatable bonds is 5. The second kappa shape index (κ2) is 9.03. The first-order valence-electron chi connectivity index (χ1n) is 11.1. The molecule has 5 rings (SSSR count). The Morgan fingerprint density at radius 3 is 2.67 bits per heavy atom. The number of nitrogens with zero attached hydrogens (tertiary/aromatic N) is 4. The number of piperidine rings is 1. The summed E-state index contributed by atoms with van der Waals surface area (Å²) in [5.41, 5.74) is 4.88. The number of anilines is 2. The van der Waals surface area contributed by atoms with Gasteiger partial charge in [0.25, 0.3) is 5.91 Å². The Bertz CT molecular complexity index is 1200. The number of pyridine rings is 2. The molecule has 33 heavy (non-hydrogen) atoms. The summed E-state index contributed by atoms with van der Waals surface area (Å²) in [6.45, 7) is 2.26. The average molecular weight is 441 g/mol. The lowest BCUT2D eigenvalue weighted by atomic mass is 9.89. The number of carbonyl (C=O) groups is 1. The van der Waals surface area contributed by atoms with Crippen molar-refractivity contribution < 1.29 is 9.53 Å². The van der Waals surface area contributed by atoms with Crippen molar-refractivity contribution in [2.24, 2.45) is 0 Å². The van der Waals surface area contributed by atoms with Crippen LogP contribution in [0.3, 0.4) is 0 Å². The molecule has 0 saturated carbocycles. The summed E-state index contributed by atoms with van der Waals surface area (Å²) in [4.78, 5) is 24.0. The van der Waals surface area contributed by atoms with E-state index < -0.39 is 0 Å². The Balaban J connectivity index is 1.48. The van der Waals surface area contributed by atoms with Gasteiger partial charge in [0, 0.05) is 24.3 Å². The summed E-state index contributed by atoms with van der Waals surface area (Å²) in [6, 6.07) is 12.1. The predicted octanol–water partition coefficient (Wildman–Crippen LogP) is 4.43. The number of carbonyl (C=O) groups excluding carboxylic acids is 1. The molecule has 1 fully saturated rings. The summed E-state index contributed by atoms with van der Waals surface area (Å²) in [6.07, 6.45) is 9.08. The Hall–Kier alpha value is -3.71. The maximum atomic E-state index is 12.6. The standard InChI is InChI=1S/C26H26N5O2/c1-31-13-9-18(10-14-31)17-3-5-20(6-4-17)29-25-24-19(7-12-28-26(24)32)15-22(30-25)21-16-27-11-8-23(21)33-2/h3-8,11-12,15-16,18H,9-10,13-14H2,1-2H3,(H,29,30). The third-order valence-electron chi connectivity index (χ3n) is 6.35. The van der Waals surface area contributed by atoms with Crippen LogP contribution in [0.25, 0.3) is 17.3 Å². The van der Waals surface area contributed by atoms with Crippen LogP contribution in [0.4, 0.5) is 11.5 Å². The van der Waals surface area contributed by atoms with Crippen LogP contribution in [0.5, 0.6) is 5.75 Å². The molecule has 4 heterocycles. The van der Waals surface area contributed by atoms with E-state index in [0.29, 0.717) is 28.7 Å². The van der Waals surface area contributed by atoms with E-state index in [9.17, 15) is 4.79 Å². The summed E-state index contributed by atoms with van der Waals surface area (Å²) in [7, 11) is 3.79. The number of hydrogen-bond acceptors (Lipinski definition) is 6. The second-order valence-electron chi connectivity index (χ2n) is 8.47. The molecule has 0 atom stereocenters. The molecule has 2 aliphatic heterocycles. The van der Waals surface area contributed by atoms with E-state index in [4.69, 9.17) is 9.72 Å². The van der Waals surface area contributed by atoms with Gasteiger partial charge in [-0.1, -0.05) is 12.1 Å². The fourth-order valence-corrected chi connectivity index (χ4v) is 4.47. The highest BCUT2D eigenvalue weighted by Crippen LogP contribution is 2.34. The summed E-state index contributed by atoms with van der Waals surface area (Å²) < 4.78 is 5.49. The first-order valence-corrected chi connectivity index (χ1v) is 11.1. The molecule has 3 aromatic rings. The van der Waals surface area contributed by atoms with Gasteiger partial charge in [0.1, 0.15) is 11.6 Å². The Labute approximate surface area is 193 Å². The molecule has 2 aromatic heterocycles.